The van der Waals surface area contributed by atoms with Gasteiger partial charge in [-0.2, -0.15) is 13.2 Å². The molecule has 37 heavy (non-hydrogen) atoms. The number of ether oxygens (including phenoxy) is 1. The van der Waals surface area contributed by atoms with Crippen LogP contribution in [0.5, 0.6) is 5.75 Å². The number of hydrogen-bond donors (Lipinski definition) is 2. The van der Waals surface area contributed by atoms with Gasteiger partial charge in [-0.25, -0.2) is 14.6 Å². The van der Waals surface area contributed by atoms with Crippen molar-refractivity contribution < 1.29 is 32.6 Å². The van der Waals surface area contributed by atoms with Crippen molar-refractivity contribution in [2.45, 2.75) is 20.0 Å². The number of imidazole rings is 1. The molecule has 0 bridgehead atoms. The second-order valence-electron chi connectivity index (χ2n) is 8.69. The third kappa shape index (κ3) is 4.51. The highest BCUT2D eigenvalue weighted by Gasteiger charge is 2.41. The molecule has 0 unspecified atom stereocenters. The van der Waals surface area contributed by atoms with Crippen molar-refractivity contribution in [1.82, 2.24) is 9.97 Å². The number of H-pyrrole nitrogens is 1. The van der Waals surface area contributed by atoms with Gasteiger partial charge in [0.2, 0.25) is 0 Å². The first-order chi connectivity index (χ1) is 17.5. The van der Waals surface area contributed by atoms with Crippen molar-refractivity contribution in [2.75, 3.05) is 0 Å². The minimum atomic E-state index is -5.26. The van der Waals surface area contributed by atoms with Gasteiger partial charge >= 0.3 is 18.1 Å². The van der Waals surface area contributed by atoms with Gasteiger partial charge in [0.05, 0.1) is 16.5 Å². The van der Waals surface area contributed by atoms with Crippen LogP contribution in [0.2, 0.25) is 0 Å². The van der Waals surface area contributed by atoms with E-state index in [2.05, 4.69) is 26.8 Å². The van der Waals surface area contributed by atoms with Crippen LogP contribution in [0, 0.1) is 13.8 Å². The number of aromatic amines is 1. The fraction of sp³-hybridized carbons (Fsp3) is 0.107. The number of fused-ring (bicyclic) bond motifs is 3. The topological polar surface area (TPSA) is 92.3 Å². The van der Waals surface area contributed by atoms with Gasteiger partial charge in [0.1, 0.15) is 17.1 Å². The normalized spacial score (nSPS) is 11.7. The van der Waals surface area contributed by atoms with Crippen molar-refractivity contribution in [3.05, 3.63) is 83.4 Å². The van der Waals surface area contributed by atoms with Crippen LogP contribution in [0.15, 0.2) is 66.7 Å². The molecule has 0 saturated carbocycles. The summed E-state index contributed by atoms with van der Waals surface area (Å²) >= 11 is 0. The molecule has 0 spiro atoms. The van der Waals surface area contributed by atoms with Gasteiger partial charge in [0.15, 0.2) is 0 Å². The monoisotopic (exact) mass is 504 g/mol. The van der Waals surface area contributed by atoms with Crippen molar-refractivity contribution in [2.24, 2.45) is 0 Å². The number of halogens is 3. The second-order valence-corrected chi connectivity index (χ2v) is 8.69. The summed E-state index contributed by atoms with van der Waals surface area (Å²) in [5.74, 6) is -3.92. The van der Waals surface area contributed by atoms with Gasteiger partial charge in [0.25, 0.3) is 0 Å². The Morgan fingerprint density at radius 2 is 1.54 bits per heavy atom. The number of nitrogens with zero attached hydrogens (tertiary/aromatic N) is 1. The molecule has 186 valence electrons. The molecule has 4 aromatic carbocycles. The summed E-state index contributed by atoms with van der Waals surface area (Å²) in [6.07, 6.45) is -5.26. The Bertz CT molecular complexity index is 1700. The Balaban J connectivity index is 1.61. The number of rotatable bonds is 4. The van der Waals surface area contributed by atoms with Crippen LogP contribution in [-0.4, -0.2) is 33.2 Å². The largest absolute Gasteiger partial charge is 0.491 e. The molecule has 0 atom stereocenters. The summed E-state index contributed by atoms with van der Waals surface area (Å²) in [7, 11) is 0. The third-order valence-electron chi connectivity index (χ3n) is 6.21. The summed E-state index contributed by atoms with van der Waals surface area (Å²) in [6.45, 7) is 4.09. The number of carbonyl (C=O) groups is 2. The highest BCUT2D eigenvalue weighted by molar-refractivity contribution is 6.11. The van der Waals surface area contributed by atoms with Crippen LogP contribution in [0.25, 0.3) is 44.3 Å². The number of nitrogens with one attached hydrogen (secondary N) is 1. The molecule has 1 aromatic heterocycles. The average molecular weight is 504 g/mol. The molecule has 0 fully saturated rings. The molecule has 0 aliphatic carbocycles. The molecule has 5 aromatic rings. The molecule has 0 radical (unpaired) electrons. The quantitative estimate of drug-likeness (QED) is 0.207. The average Bonchev–Trinajstić information content (AvgIpc) is 3.29. The predicted molar refractivity (Wildman–Crippen MR) is 133 cm³/mol. The van der Waals surface area contributed by atoms with Crippen molar-refractivity contribution in [3.8, 4) is 28.3 Å². The van der Waals surface area contributed by atoms with E-state index < -0.39 is 23.9 Å². The molecule has 1 heterocycles. The van der Waals surface area contributed by atoms with Crippen LogP contribution in [0.1, 0.15) is 21.5 Å². The number of alkyl halides is 3. The number of carbonyl (C=O) groups excluding carboxylic acids is 1. The van der Waals surface area contributed by atoms with E-state index in [1.165, 1.54) is 23.3 Å². The molecule has 0 aliphatic rings. The number of hydrogen-bond acceptors (Lipinski definition) is 4. The zero-order chi connectivity index (χ0) is 26.5. The molecule has 6 nitrogen and oxygen atoms in total. The third-order valence-corrected chi connectivity index (χ3v) is 6.21. The highest BCUT2D eigenvalue weighted by atomic mass is 19.4. The minimum Gasteiger partial charge on any atom is -0.478 e. The molecule has 0 aliphatic heterocycles. The number of carboxylic acids is 1. The summed E-state index contributed by atoms with van der Waals surface area (Å²) in [4.78, 5) is 30.8. The fourth-order valence-electron chi connectivity index (χ4n) is 4.13. The Hall–Kier alpha value is -4.66. The molecule has 0 saturated heterocycles. The van der Waals surface area contributed by atoms with Crippen LogP contribution < -0.4 is 4.74 Å². The van der Waals surface area contributed by atoms with Crippen LogP contribution in [0.3, 0.4) is 0 Å². The van der Waals surface area contributed by atoms with Gasteiger partial charge in [-0.15, -0.1) is 0 Å². The van der Waals surface area contributed by atoms with E-state index in [9.17, 15) is 27.9 Å². The Morgan fingerprint density at radius 1 is 0.865 bits per heavy atom. The van der Waals surface area contributed by atoms with Crippen molar-refractivity contribution >= 4 is 33.7 Å². The number of esters is 1. The lowest BCUT2D eigenvalue weighted by atomic mass is 9.99. The van der Waals surface area contributed by atoms with Gasteiger partial charge in [-0.3, -0.25) is 0 Å². The van der Waals surface area contributed by atoms with E-state index in [4.69, 9.17) is 0 Å². The van der Waals surface area contributed by atoms with Crippen LogP contribution >= 0.6 is 0 Å². The molecular weight excluding hydrogens is 485 g/mol. The van der Waals surface area contributed by atoms with Crippen LogP contribution in [0.4, 0.5) is 13.2 Å². The van der Waals surface area contributed by atoms with E-state index in [0.717, 1.165) is 22.8 Å². The summed E-state index contributed by atoms with van der Waals surface area (Å²) in [5.41, 5.74) is 5.58. The maximum atomic E-state index is 12.9. The molecular formula is C28H19F3N2O4. The predicted octanol–water partition coefficient (Wildman–Crippen LogP) is 6.83. The van der Waals surface area contributed by atoms with E-state index in [1.54, 1.807) is 6.07 Å². The van der Waals surface area contributed by atoms with Crippen LogP contribution in [-0.2, 0) is 4.79 Å². The Morgan fingerprint density at radius 3 is 2.19 bits per heavy atom. The number of carboxylic acid groups (broad SMARTS) is 1. The first-order valence-electron chi connectivity index (χ1n) is 11.2. The number of benzene rings is 4. The van der Waals surface area contributed by atoms with Crippen molar-refractivity contribution in [3.63, 3.8) is 0 Å². The van der Waals surface area contributed by atoms with E-state index in [-0.39, 0.29) is 21.9 Å². The second kappa shape index (κ2) is 8.77. The van der Waals surface area contributed by atoms with Gasteiger partial charge < -0.3 is 14.8 Å². The summed E-state index contributed by atoms with van der Waals surface area (Å²) < 4.78 is 43.4. The zero-order valence-electron chi connectivity index (χ0n) is 19.6. The summed E-state index contributed by atoms with van der Waals surface area (Å²) in [5, 5.41) is 9.73. The maximum absolute atomic E-state index is 12.9. The summed E-state index contributed by atoms with van der Waals surface area (Å²) in [6, 6.07) is 19.2. The first-order valence-corrected chi connectivity index (χ1v) is 11.2. The van der Waals surface area contributed by atoms with Crippen molar-refractivity contribution in [1.29, 1.82) is 0 Å². The molecule has 5 rings (SSSR count). The smallest absolute Gasteiger partial charge is 0.478 e. The standard InChI is InChI=1S/C28H19F3N2O4/c1-14-3-4-18(11-15(14)2)16-5-7-17(8-6-16)25-32-21-10-9-19-12-20(26(34)35)13-22(23(19)24(21)33-25)37-27(36)28(29,30)31/h3-13H,1-2H3,(H,32,33)(H,34,35). The van der Waals surface area contributed by atoms with Gasteiger partial charge in [0, 0.05) is 5.56 Å². The molecule has 0 amide bonds. The highest BCUT2D eigenvalue weighted by Crippen LogP contribution is 2.36. The van der Waals surface area contributed by atoms with E-state index in [1.807, 2.05) is 44.2 Å². The Kier molecular flexibility index (Phi) is 5.70. The van der Waals surface area contributed by atoms with Gasteiger partial charge in [-0.1, -0.05) is 48.5 Å². The number of aromatic nitrogens is 2. The zero-order valence-corrected chi connectivity index (χ0v) is 19.6. The van der Waals surface area contributed by atoms with E-state index >= 15 is 0 Å². The lowest BCUT2D eigenvalue weighted by Gasteiger charge is -2.11. The van der Waals surface area contributed by atoms with Gasteiger partial charge in [-0.05, 0) is 59.7 Å². The SMILES string of the molecule is Cc1ccc(-c2ccc(-c3nc4c(ccc5cc(C(=O)O)cc(OC(=O)C(F)(F)F)c54)[nH]3)cc2)cc1C. The lowest BCUT2D eigenvalue weighted by molar-refractivity contribution is -0.189. The molecule has 9 heteroatoms. The fourth-order valence-corrected chi connectivity index (χ4v) is 4.13. The minimum absolute atomic E-state index is 0.0920. The lowest BCUT2D eigenvalue weighted by Crippen LogP contribution is -2.28. The Labute approximate surface area is 208 Å². The number of aryl methyl sites for hydroxylation is 2. The van der Waals surface area contributed by atoms with E-state index in [0.29, 0.717) is 11.3 Å². The molecule has 2 N–H and O–H groups in total. The first kappa shape index (κ1) is 24.1. The maximum Gasteiger partial charge on any atom is 0.491 e. The number of aromatic carboxylic acids is 1.